The molecule has 0 unspecified atom stereocenters. The predicted octanol–water partition coefficient (Wildman–Crippen LogP) is 1.74. The monoisotopic (exact) mass is 289 g/mol. The number of aliphatic hydroxyl groups is 1. The quantitative estimate of drug-likeness (QED) is 0.608. The molecule has 2 atom stereocenters. The second kappa shape index (κ2) is 5.83. The van der Waals surface area contributed by atoms with Gasteiger partial charge in [0.1, 0.15) is 5.60 Å². The molecule has 1 amide bonds. The van der Waals surface area contributed by atoms with Gasteiger partial charge >= 0.3 is 12.1 Å². The Hall–Kier alpha value is -1.21. The van der Waals surface area contributed by atoms with Crippen LogP contribution in [0.1, 0.15) is 34.1 Å². The van der Waals surface area contributed by atoms with Gasteiger partial charge in [-0.3, -0.25) is 10.1 Å². The molecule has 0 aromatic rings. The summed E-state index contributed by atoms with van der Waals surface area (Å²) in [6.07, 6.45) is 0.811. The van der Waals surface area contributed by atoms with Gasteiger partial charge in [0.25, 0.3) is 0 Å². The Balaban J connectivity index is 2.79. The largest absolute Gasteiger partial charge is 0.444 e. The third kappa shape index (κ3) is 4.43. The molecular formula is C12H19NO5S. The number of aliphatic hydroxyl groups excluding tert-OH is 1. The van der Waals surface area contributed by atoms with Gasteiger partial charge in [0.2, 0.25) is 5.72 Å². The van der Waals surface area contributed by atoms with Gasteiger partial charge in [0.15, 0.2) is 5.44 Å². The second-order valence-corrected chi connectivity index (χ2v) is 6.03. The van der Waals surface area contributed by atoms with Crippen molar-refractivity contribution in [2.75, 3.05) is 0 Å². The van der Waals surface area contributed by atoms with Gasteiger partial charge in [-0.05, 0) is 32.3 Å². The molecule has 0 aromatic heterocycles. The minimum absolute atomic E-state index is 0.142. The number of hydrogen-bond acceptors (Lipinski definition) is 6. The molecule has 0 saturated carbocycles. The van der Waals surface area contributed by atoms with Crippen molar-refractivity contribution in [1.29, 1.82) is 0 Å². The molecule has 1 heterocycles. The highest BCUT2D eigenvalue weighted by Crippen LogP contribution is 2.33. The lowest BCUT2D eigenvalue weighted by Crippen LogP contribution is -2.56. The Kier molecular flexibility index (Phi) is 4.86. The van der Waals surface area contributed by atoms with Gasteiger partial charge < -0.3 is 14.6 Å². The molecule has 1 aliphatic heterocycles. The van der Waals surface area contributed by atoms with Gasteiger partial charge in [0, 0.05) is 6.42 Å². The third-order valence-corrected chi connectivity index (χ3v) is 3.06. The van der Waals surface area contributed by atoms with Gasteiger partial charge in [0.05, 0.1) is 0 Å². The van der Waals surface area contributed by atoms with E-state index in [1.54, 1.807) is 33.1 Å². The van der Waals surface area contributed by atoms with Crippen molar-refractivity contribution in [2.45, 2.75) is 50.9 Å². The number of nitrogens with one attached hydrogen (secondary N) is 1. The average molecular weight is 289 g/mol. The fourth-order valence-electron chi connectivity index (χ4n) is 1.34. The number of carbonyl (C=O) groups excluding carboxylic acids is 2. The van der Waals surface area contributed by atoms with Crippen molar-refractivity contribution < 1.29 is 24.2 Å². The Morgan fingerprint density at radius 1 is 1.47 bits per heavy atom. The fourth-order valence-corrected chi connectivity index (χ4v) is 2.15. The van der Waals surface area contributed by atoms with Crippen molar-refractivity contribution in [3.63, 3.8) is 0 Å². The molecule has 2 N–H and O–H groups in total. The van der Waals surface area contributed by atoms with Crippen molar-refractivity contribution in [2.24, 2.45) is 0 Å². The maximum atomic E-state index is 11.8. The highest BCUT2D eigenvalue weighted by molar-refractivity contribution is 8.02. The number of thioether (sulfide) groups is 1. The second-order valence-electron chi connectivity index (χ2n) is 5.04. The minimum Gasteiger partial charge on any atom is -0.444 e. The van der Waals surface area contributed by atoms with Crippen LogP contribution in [0.5, 0.6) is 0 Å². The minimum atomic E-state index is -1.57. The van der Waals surface area contributed by atoms with E-state index in [9.17, 15) is 14.7 Å². The molecule has 7 heteroatoms. The van der Waals surface area contributed by atoms with Crippen LogP contribution in [0.3, 0.4) is 0 Å². The van der Waals surface area contributed by atoms with Gasteiger partial charge in [-0.15, -0.1) is 0 Å². The molecule has 108 valence electrons. The summed E-state index contributed by atoms with van der Waals surface area (Å²) >= 11 is 1.04. The van der Waals surface area contributed by atoms with E-state index < -0.39 is 28.8 Å². The first-order valence-corrected chi connectivity index (χ1v) is 6.87. The topological polar surface area (TPSA) is 84.9 Å². The summed E-state index contributed by atoms with van der Waals surface area (Å²) in [7, 11) is 0. The van der Waals surface area contributed by atoms with Crippen LogP contribution in [0, 0.1) is 0 Å². The summed E-state index contributed by atoms with van der Waals surface area (Å²) in [6.45, 7) is 6.77. The van der Waals surface area contributed by atoms with Crippen molar-refractivity contribution in [3.8, 4) is 0 Å². The summed E-state index contributed by atoms with van der Waals surface area (Å²) in [5.74, 6) is -0.526. The molecule has 0 radical (unpaired) electrons. The number of ether oxygens (including phenoxy) is 2. The zero-order valence-electron chi connectivity index (χ0n) is 11.4. The Morgan fingerprint density at radius 2 is 2.11 bits per heavy atom. The first-order valence-electron chi connectivity index (χ1n) is 5.93. The van der Waals surface area contributed by atoms with Crippen molar-refractivity contribution >= 4 is 23.8 Å². The number of alkyl carbamates (subject to hydrolysis) is 1. The van der Waals surface area contributed by atoms with Crippen molar-refractivity contribution in [3.05, 3.63) is 11.5 Å². The maximum Gasteiger partial charge on any atom is 0.411 e. The summed E-state index contributed by atoms with van der Waals surface area (Å²) in [4.78, 5) is 23.2. The van der Waals surface area contributed by atoms with E-state index in [2.05, 4.69) is 5.32 Å². The molecular weight excluding hydrogens is 270 g/mol. The Labute approximate surface area is 116 Å². The number of esters is 1. The normalized spacial score (nSPS) is 26.1. The number of rotatable bonds is 3. The molecule has 0 aromatic carbocycles. The Morgan fingerprint density at radius 3 is 2.53 bits per heavy atom. The summed E-state index contributed by atoms with van der Waals surface area (Å²) < 4.78 is 10.2. The van der Waals surface area contributed by atoms with Crippen molar-refractivity contribution in [1.82, 2.24) is 5.32 Å². The molecule has 0 bridgehead atoms. The molecule has 0 saturated heterocycles. The van der Waals surface area contributed by atoms with Crippen LogP contribution in [0.2, 0.25) is 0 Å². The van der Waals surface area contributed by atoms with Crippen LogP contribution in [0.4, 0.5) is 4.79 Å². The zero-order chi connectivity index (χ0) is 14.7. The molecule has 1 aliphatic rings. The van der Waals surface area contributed by atoms with Crippen LogP contribution in [0.25, 0.3) is 0 Å². The predicted molar refractivity (Wildman–Crippen MR) is 71.2 cm³/mol. The van der Waals surface area contributed by atoms with E-state index in [1.807, 2.05) is 0 Å². The van der Waals surface area contributed by atoms with E-state index in [-0.39, 0.29) is 6.42 Å². The van der Waals surface area contributed by atoms with E-state index in [1.165, 1.54) is 6.08 Å². The highest BCUT2D eigenvalue weighted by atomic mass is 32.2. The van der Waals surface area contributed by atoms with Gasteiger partial charge in [-0.2, -0.15) is 0 Å². The lowest BCUT2D eigenvalue weighted by atomic mass is 10.2. The van der Waals surface area contributed by atoms with E-state index in [0.717, 1.165) is 11.8 Å². The Bertz CT molecular complexity index is 390. The molecule has 6 nitrogen and oxygen atoms in total. The number of carbonyl (C=O) groups is 2. The third-order valence-electron chi connectivity index (χ3n) is 2.16. The number of hydrogen-bond donors (Lipinski definition) is 2. The lowest BCUT2D eigenvalue weighted by Gasteiger charge is -2.32. The molecule has 19 heavy (non-hydrogen) atoms. The molecule has 0 fully saturated rings. The molecule has 0 spiro atoms. The van der Waals surface area contributed by atoms with Crippen LogP contribution in [-0.2, 0) is 14.3 Å². The SMILES string of the molecule is CCC(=O)O[C@@]1(NC(=O)OC(C)(C)C)C=CS[C@H]1O. The summed E-state index contributed by atoms with van der Waals surface area (Å²) in [6, 6.07) is 0. The lowest BCUT2D eigenvalue weighted by molar-refractivity contribution is -0.162. The van der Waals surface area contributed by atoms with Crippen LogP contribution in [-0.4, -0.2) is 33.9 Å². The van der Waals surface area contributed by atoms with E-state index in [0.29, 0.717) is 0 Å². The highest BCUT2D eigenvalue weighted by Gasteiger charge is 2.45. The first kappa shape index (κ1) is 15.8. The van der Waals surface area contributed by atoms with Crippen LogP contribution < -0.4 is 5.32 Å². The summed E-state index contributed by atoms with van der Waals surface area (Å²) in [5, 5.41) is 13.8. The van der Waals surface area contributed by atoms with Gasteiger partial charge in [-0.25, -0.2) is 4.79 Å². The fraction of sp³-hybridized carbons (Fsp3) is 0.667. The molecule has 0 aliphatic carbocycles. The maximum absolute atomic E-state index is 11.8. The standard InChI is InChI=1S/C12H19NO5S/c1-5-8(14)17-12(6-7-19-9(12)15)13-10(16)18-11(2,3)4/h6-7,9,15H,5H2,1-4H3,(H,13,16)/t9-,12+/m1/s1. The zero-order valence-corrected chi connectivity index (χ0v) is 12.2. The first-order chi connectivity index (χ1) is 8.68. The smallest absolute Gasteiger partial charge is 0.411 e. The molecule has 1 rings (SSSR count). The summed E-state index contributed by atoms with van der Waals surface area (Å²) in [5.41, 5.74) is -3.35. The van der Waals surface area contributed by atoms with Crippen LogP contribution in [0.15, 0.2) is 11.5 Å². The van der Waals surface area contributed by atoms with Crippen LogP contribution >= 0.6 is 11.8 Å². The average Bonchev–Trinajstić information content (AvgIpc) is 2.57. The number of amides is 1. The van der Waals surface area contributed by atoms with E-state index in [4.69, 9.17) is 9.47 Å². The van der Waals surface area contributed by atoms with Gasteiger partial charge in [-0.1, -0.05) is 18.7 Å². The van der Waals surface area contributed by atoms with E-state index >= 15 is 0 Å².